The van der Waals surface area contributed by atoms with Crippen molar-refractivity contribution in [1.29, 1.82) is 0 Å². The van der Waals surface area contributed by atoms with Gasteiger partial charge in [0.05, 0.1) is 5.69 Å². The van der Waals surface area contributed by atoms with Crippen molar-refractivity contribution in [3.63, 3.8) is 0 Å². The first-order chi connectivity index (χ1) is 9.33. The summed E-state index contributed by atoms with van der Waals surface area (Å²) in [4.78, 5) is 0. The number of ether oxygens (including phenoxy) is 1. The zero-order chi connectivity index (χ0) is 14.8. The minimum absolute atomic E-state index is 0.264. The number of hydrogen-bond donors (Lipinski definition) is 2. The van der Waals surface area contributed by atoms with Gasteiger partial charge in [-0.3, -0.25) is 0 Å². The lowest BCUT2D eigenvalue weighted by Crippen LogP contribution is -2.16. The Morgan fingerprint density at radius 2 is 1.70 bits per heavy atom. The molecule has 0 saturated heterocycles. The van der Waals surface area contributed by atoms with E-state index in [1.54, 1.807) is 18.2 Å². The van der Waals surface area contributed by atoms with E-state index >= 15 is 0 Å². The average molecular weight is 347 g/mol. The van der Waals surface area contributed by atoms with Crippen molar-refractivity contribution in [3.8, 4) is 5.75 Å². The van der Waals surface area contributed by atoms with Crippen LogP contribution in [-0.2, 0) is 0 Å². The first kappa shape index (κ1) is 14.5. The zero-order valence-electron chi connectivity index (χ0n) is 10.0. The summed E-state index contributed by atoms with van der Waals surface area (Å²) in [5.74, 6) is -0.264. The van der Waals surface area contributed by atoms with Crippen LogP contribution in [0.4, 0.5) is 30.2 Å². The van der Waals surface area contributed by atoms with E-state index < -0.39 is 6.36 Å². The van der Waals surface area contributed by atoms with E-state index in [1.807, 2.05) is 0 Å². The topological polar surface area (TPSA) is 47.3 Å². The molecule has 20 heavy (non-hydrogen) atoms. The molecular formula is C13H10BrF3N2O. The SMILES string of the molecule is Nc1ccc(Nc2ccc(OC(F)(F)F)cc2)c(Br)c1. The van der Waals surface area contributed by atoms with Gasteiger partial charge in [-0.2, -0.15) is 0 Å². The van der Waals surface area contributed by atoms with E-state index in [9.17, 15) is 13.2 Å². The number of rotatable bonds is 3. The summed E-state index contributed by atoms with van der Waals surface area (Å²) in [5, 5.41) is 3.05. The second-order valence-corrected chi connectivity index (χ2v) is 4.79. The maximum Gasteiger partial charge on any atom is 0.573 e. The van der Waals surface area contributed by atoms with E-state index in [4.69, 9.17) is 5.73 Å². The molecule has 106 valence electrons. The summed E-state index contributed by atoms with van der Waals surface area (Å²) >= 11 is 3.34. The molecule has 0 fully saturated rings. The van der Waals surface area contributed by atoms with Crippen LogP contribution in [0.15, 0.2) is 46.9 Å². The van der Waals surface area contributed by atoms with E-state index in [2.05, 4.69) is 26.0 Å². The minimum atomic E-state index is -4.69. The highest BCUT2D eigenvalue weighted by atomic mass is 79.9. The number of hydrogen-bond acceptors (Lipinski definition) is 3. The monoisotopic (exact) mass is 346 g/mol. The molecule has 7 heteroatoms. The highest BCUT2D eigenvalue weighted by Gasteiger charge is 2.30. The second-order valence-electron chi connectivity index (χ2n) is 3.94. The molecule has 2 rings (SSSR count). The molecule has 0 radical (unpaired) electrons. The van der Waals surface area contributed by atoms with Crippen LogP contribution in [0.5, 0.6) is 5.75 Å². The van der Waals surface area contributed by atoms with Gasteiger partial charge in [-0.1, -0.05) is 0 Å². The Balaban J connectivity index is 2.11. The molecule has 3 nitrogen and oxygen atoms in total. The van der Waals surface area contributed by atoms with Crippen molar-refractivity contribution < 1.29 is 17.9 Å². The van der Waals surface area contributed by atoms with Crippen LogP contribution < -0.4 is 15.8 Å². The third-order valence-electron chi connectivity index (χ3n) is 2.36. The number of benzene rings is 2. The molecule has 0 saturated carbocycles. The Morgan fingerprint density at radius 3 is 2.25 bits per heavy atom. The molecule has 3 N–H and O–H groups in total. The third kappa shape index (κ3) is 4.06. The fourth-order valence-electron chi connectivity index (χ4n) is 1.53. The number of nitrogen functional groups attached to an aromatic ring is 1. The van der Waals surface area contributed by atoms with Crippen LogP contribution in [0.1, 0.15) is 0 Å². The molecule has 0 aliphatic rings. The molecule has 0 bridgehead atoms. The minimum Gasteiger partial charge on any atom is -0.406 e. The summed E-state index contributed by atoms with van der Waals surface area (Å²) in [6.07, 6.45) is -4.69. The Kier molecular flexibility index (Phi) is 4.08. The number of anilines is 3. The summed E-state index contributed by atoms with van der Waals surface area (Å²) in [7, 11) is 0. The predicted octanol–water partition coefficient (Wildman–Crippen LogP) is 4.67. The van der Waals surface area contributed by atoms with Crippen molar-refractivity contribution in [2.24, 2.45) is 0 Å². The Bertz CT molecular complexity index is 600. The smallest absolute Gasteiger partial charge is 0.406 e. The largest absolute Gasteiger partial charge is 0.573 e. The molecular weight excluding hydrogens is 337 g/mol. The molecule has 0 aromatic heterocycles. The molecule has 0 aliphatic heterocycles. The molecule has 2 aromatic rings. The lowest BCUT2D eigenvalue weighted by Gasteiger charge is -2.11. The molecule has 0 amide bonds. The number of nitrogens with one attached hydrogen (secondary N) is 1. The standard InChI is InChI=1S/C13H10BrF3N2O/c14-11-7-8(18)1-6-12(11)19-9-2-4-10(5-3-9)20-13(15,16)17/h1-7,19H,18H2. The Labute approximate surface area is 121 Å². The molecule has 0 heterocycles. The Morgan fingerprint density at radius 1 is 1.05 bits per heavy atom. The van der Waals surface area contributed by atoms with Crippen LogP contribution in [-0.4, -0.2) is 6.36 Å². The molecule has 2 aromatic carbocycles. The maximum absolute atomic E-state index is 12.0. The number of alkyl halides is 3. The lowest BCUT2D eigenvalue weighted by atomic mass is 10.2. The van der Waals surface area contributed by atoms with E-state index in [0.717, 1.165) is 10.2 Å². The van der Waals surface area contributed by atoms with Crippen molar-refractivity contribution >= 4 is 33.0 Å². The second kappa shape index (κ2) is 5.62. The molecule has 0 aliphatic carbocycles. The molecule has 0 unspecified atom stereocenters. The zero-order valence-corrected chi connectivity index (χ0v) is 11.6. The van der Waals surface area contributed by atoms with E-state index in [1.165, 1.54) is 24.3 Å². The molecule has 0 atom stereocenters. The highest BCUT2D eigenvalue weighted by molar-refractivity contribution is 9.10. The normalized spacial score (nSPS) is 11.2. The van der Waals surface area contributed by atoms with Gasteiger partial charge in [0.25, 0.3) is 0 Å². The lowest BCUT2D eigenvalue weighted by molar-refractivity contribution is -0.274. The predicted molar refractivity (Wildman–Crippen MR) is 75.0 cm³/mol. The van der Waals surface area contributed by atoms with Crippen molar-refractivity contribution in [3.05, 3.63) is 46.9 Å². The van der Waals surface area contributed by atoms with Crippen LogP contribution in [0.2, 0.25) is 0 Å². The number of halogens is 4. The van der Waals surface area contributed by atoms with Crippen LogP contribution in [0, 0.1) is 0 Å². The highest BCUT2D eigenvalue weighted by Crippen LogP contribution is 2.29. The van der Waals surface area contributed by atoms with Gasteiger partial charge >= 0.3 is 6.36 Å². The quantitative estimate of drug-likeness (QED) is 0.793. The average Bonchev–Trinajstić information content (AvgIpc) is 2.33. The van der Waals surface area contributed by atoms with Crippen molar-refractivity contribution in [2.45, 2.75) is 6.36 Å². The third-order valence-corrected chi connectivity index (χ3v) is 3.02. The first-order valence-corrected chi connectivity index (χ1v) is 6.31. The van der Waals surface area contributed by atoms with Gasteiger partial charge in [0.15, 0.2) is 0 Å². The fraction of sp³-hybridized carbons (Fsp3) is 0.0769. The van der Waals surface area contributed by atoms with Gasteiger partial charge in [-0.05, 0) is 58.4 Å². The summed E-state index contributed by atoms with van der Waals surface area (Å²) in [6.45, 7) is 0. The van der Waals surface area contributed by atoms with Gasteiger partial charge in [0, 0.05) is 15.8 Å². The Hall–Kier alpha value is -1.89. The van der Waals surface area contributed by atoms with E-state index in [-0.39, 0.29) is 5.75 Å². The van der Waals surface area contributed by atoms with Crippen LogP contribution in [0.25, 0.3) is 0 Å². The fourth-order valence-corrected chi connectivity index (χ4v) is 2.02. The van der Waals surface area contributed by atoms with Gasteiger partial charge in [-0.25, -0.2) is 0 Å². The van der Waals surface area contributed by atoms with Crippen LogP contribution >= 0.6 is 15.9 Å². The first-order valence-electron chi connectivity index (χ1n) is 5.51. The van der Waals surface area contributed by atoms with Crippen molar-refractivity contribution in [1.82, 2.24) is 0 Å². The summed E-state index contributed by atoms with van der Waals surface area (Å²) in [5.41, 5.74) is 7.61. The molecule has 0 spiro atoms. The van der Waals surface area contributed by atoms with Crippen LogP contribution in [0.3, 0.4) is 0 Å². The van der Waals surface area contributed by atoms with Gasteiger partial charge in [-0.15, -0.1) is 13.2 Å². The van der Waals surface area contributed by atoms with Gasteiger partial charge in [0.2, 0.25) is 0 Å². The van der Waals surface area contributed by atoms with Gasteiger partial charge < -0.3 is 15.8 Å². The number of nitrogens with two attached hydrogens (primary N) is 1. The maximum atomic E-state index is 12.0. The van der Waals surface area contributed by atoms with Crippen molar-refractivity contribution in [2.75, 3.05) is 11.1 Å². The summed E-state index contributed by atoms with van der Waals surface area (Å²) in [6, 6.07) is 10.7. The van der Waals surface area contributed by atoms with Gasteiger partial charge in [0.1, 0.15) is 5.75 Å². The summed E-state index contributed by atoms with van der Waals surface area (Å²) < 4.78 is 40.6. The van der Waals surface area contributed by atoms with E-state index in [0.29, 0.717) is 11.4 Å².